The normalized spacial score (nSPS) is 17.0. The number of hydroxylamine groups is 1. The fourth-order valence-electron chi connectivity index (χ4n) is 2.19. The van der Waals surface area contributed by atoms with Crippen LogP contribution in [0.15, 0.2) is 65.7 Å². The number of nitrogens with zero attached hydrogens (tertiary/aromatic N) is 2. The van der Waals surface area contributed by atoms with Crippen LogP contribution >= 0.6 is 0 Å². The average Bonchev–Trinajstić information content (AvgIpc) is 2.73. The van der Waals surface area contributed by atoms with Gasteiger partial charge < -0.3 is 0 Å². The van der Waals surface area contributed by atoms with Crippen LogP contribution in [-0.2, 0) is 0 Å². The van der Waals surface area contributed by atoms with Crippen molar-refractivity contribution < 1.29 is 4.74 Å². The van der Waals surface area contributed by atoms with Crippen molar-refractivity contribution in [3.05, 3.63) is 71.4 Å². The van der Waals surface area contributed by atoms with E-state index in [2.05, 4.69) is 17.1 Å². The van der Waals surface area contributed by atoms with Crippen LogP contribution in [0.1, 0.15) is 19.4 Å². The molecule has 1 aliphatic heterocycles. The molecule has 0 radical (unpaired) electrons. The Bertz CT molecular complexity index is 706. The Labute approximate surface area is 130 Å². The molecule has 0 saturated heterocycles. The molecule has 4 heteroatoms. The van der Waals surface area contributed by atoms with E-state index in [1.54, 1.807) is 0 Å². The van der Waals surface area contributed by atoms with Crippen molar-refractivity contribution in [3.63, 3.8) is 0 Å². The Kier molecular flexibility index (Phi) is 3.66. The van der Waals surface area contributed by atoms with Crippen LogP contribution < -0.4 is 4.46 Å². The molecule has 0 fully saturated rings. The van der Waals surface area contributed by atoms with Crippen molar-refractivity contribution in [2.75, 3.05) is 0 Å². The molecule has 3 nitrogen and oxygen atoms in total. The molecule has 0 spiro atoms. The summed E-state index contributed by atoms with van der Waals surface area (Å²) in [6, 6.07) is 20.1. The SMILES string of the molecule is CC1(C)N=C(c2ccccc2)C([Se]c2ccccc2)=[N+]1[O-]. The first-order chi connectivity index (χ1) is 10.1. The van der Waals surface area contributed by atoms with Crippen LogP contribution in [0, 0.1) is 5.21 Å². The summed E-state index contributed by atoms with van der Waals surface area (Å²) >= 11 is -0.0501. The van der Waals surface area contributed by atoms with Crippen molar-refractivity contribution in [1.82, 2.24) is 0 Å². The van der Waals surface area contributed by atoms with Crippen LogP contribution in [0.25, 0.3) is 0 Å². The molecule has 1 aliphatic rings. The van der Waals surface area contributed by atoms with E-state index in [0.29, 0.717) is 0 Å². The van der Waals surface area contributed by atoms with Crippen molar-refractivity contribution in [2.45, 2.75) is 19.5 Å². The van der Waals surface area contributed by atoms with Crippen molar-refractivity contribution in [2.24, 2.45) is 4.99 Å². The molecular weight excluding hydrogens is 327 g/mol. The fraction of sp³-hybridized carbons (Fsp3) is 0.176. The van der Waals surface area contributed by atoms with E-state index in [9.17, 15) is 5.21 Å². The number of hydrogen-bond acceptors (Lipinski definition) is 2. The topological polar surface area (TPSA) is 38.4 Å². The van der Waals surface area contributed by atoms with Crippen molar-refractivity contribution in [1.29, 1.82) is 0 Å². The van der Waals surface area contributed by atoms with Crippen molar-refractivity contribution in [3.8, 4) is 0 Å². The molecule has 1 heterocycles. The monoisotopic (exact) mass is 344 g/mol. The van der Waals surface area contributed by atoms with E-state index >= 15 is 0 Å². The average molecular weight is 343 g/mol. The third-order valence-electron chi connectivity index (χ3n) is 3.27. The molecule has 0 atom stereocenters. The zero-order chi connectivity index (χ0) is 14.9. The summed E-state index contributed by atoms with van der Waals surface area (Å²) in [6.07, 6.45) is 0. The summed E-state index contributed by atoms with van der Waals surface area (Å²) in [5.41, 5.74) is 1.12. The van der Waals surface area contributed by atoms with E-state index in [4.69, 9.17) is 0 Å². The first-order valence-corrected chi connectivity index (χ1v) is 8.52. The van der Waals surface area contributed by atoms with Gasteiger partial charge in [0, 0.05) is 0 Å². The molecular formula is C17H16N2OSe. The van der Waals surface area contributed by atoms with E-state index < -0.39 is 5.66 Å². The molecule has 0 amide bonds. The van der Waals surface area contributed by atoms with Gasteiger partial charge in [-0.3, -0.25) is 0 Å². The van der Waals surface area contributed by atoms with Crippen LogP contribution in [0.5, 0.6) is 0 Å². The van der Waals surface area contributed by atoms with Gasteiger partial charge in [-0.1, -0.05) is 0 Å². The van der Waals surface area contributed by atoms with E-state index in [-0.39, 0.29) is 15.0 Å². The van der Waals surface area contributed by atoms with Gasteiger partial charge in [0.15, 0.2) is 0 Å². The fourth-order valence-corrected chi connectivity index (χ4v) is 4.46. The summed E-state index contributed by atoms with van der Waals surface area (Å²) in [5, 5.41) is 12.6. The molecule has 0 saturated carbocycles. The Balaban J connectivity index is 2.03. The second-order valence-corrected chi connectivity index (χ2v) is 7.56. The standard InChI is InChI=1S/C17H16N2OSe/c1-17(2)18-15(13-9-5-3-6-10-13)16(19(17)20)21-14-11-7-4-8-12-14/h3-12H,1-2H3. The molecule has 0 unspecified atom stereocenters. The van der Waals surface area contributed by atoms with Gasteiger partial charge in [-0.05, 0) is 0 Å². The molecule has 2 aromatic rings. The van der Waals surface area contributed by atoms with Crippen LogP contribution in [0.3, 0.4) is 0 Å². The maximum absolute atomic E-state index is 12.6. The molecule has 21 heavy (non-hydrogen) atoms. The summed E-state index contributed by atoms with van der Waals surface area (Å²) in [4.78, 5) is 4.66. The Morgan fingerprint density at radius 3 is 2.14 bits per heavy atom. The van der Waals surface area contributed by atoms with Gasteiger partial charge in [-0.2, -0.15) is 0 Å². The van der Waals surface area contributed by atoms with Crippen LogP contribution in [-0.4, -0.2) is 35.7 Å². The summed E-state index contributed by atoms with van der Waals surface area (Å²) in [7, 11) is 0. The molecule has 0 N–H and O–H groups in total. The quantitative estimate of drug-likeness (QED) is 0.478. The van der Waals surface area contributed by atoms with Crippen LogP contribution in [0.2, 0.25) is 0 Å². The zero-order valence-corrected chi connectivity index (χ0v) is 13.7. The Hall–Kier alpha value is -1.90. The second-order valence-electron chi connectivity index (χ2n) is 5.34. The van der Waals surface area contributed by atoms with E-state index in [1.807, 2.05) is 62.4 Å². The van der Waals surface area contributed by atoms with Crippen LogP contribution in [0.4, 0.5) is 0 Å². The van der Waals surface area contributed by atoms with Crippen molar-refractivity contribution >= 4 is 29.7 Å². The van der Waals surface area contributed by atoms with Gasteiger partial charge in [0.1, 0.15) is 0 Å². The van der Waals surface area contributed by atoms with Gasteiger partial charge in [0.2, 0.25) is 0 Å². The molecule has 2 aromatic carbocycles. The van der Waals surface area contributed by atoms with E-state index in [1.165, 1.54) is 4.46 Å². The minimum absolute atomic E-state index is 0.0501. The zero-order valence-electron chi connectivity index (χ0n) is 12.0. The molecule has 0 aliphatic carbocycles. The summed E-state index contributed by atoms with van der Waals surface area (Å²) in [6.45, 7) is 3.72. The molecule has 0 aromatic heterocycles. The van der Waals surface area contributed by atoms with Gasteiger partial charge >= 0.3 is 130 Å². The van der Waals surface area contributed by atoms with Gasteiger partial charge in [0.05, 0.1) is 0 Å². The summed E-state index contributed by atoms with van der Waals surface area (Å²) in [5.74, 6) is 0. The summed E-state index contributed by atoms with van der Waals surface area (Å²) < 4.78 is 3.05. The third kappa shape index (κ3) is 2.78. The number of hydrogen-bond donors (Lipinski definition) is 0. The minimum atomic E-state index is -0.725. The predicted octanol–water partition coefficient (Wildman–Crippen LogP) is 2.16. The maximum atomic E-state index is 12.6. The number of benzene rings is 2. The third-order valence-corrected chi connectivity index (χ3v) is 5.50. The van der Waals surface area contributed by atoms with E-state index in [0.717, 1.165) is 20.6 Å². The predicted molar refractivity (Wildman–Crippen MR) is 87.5 cm³/mol. The first-order valence-electron chi connectivity index (χ1n) is 6.81. The van der Waals surface area contributed by atoms with Gasteiger partial charge in [-0.15, -0.1) is 0 Å². The molecule has 0 bridgehead atoms. The van der Waals surface area contributed by atoms with Gasteiger partial charge in [0.25, 0.3) is 0 Å². The molecule has 106 valence electrons. The Morgan fingerprint density at radius 1 is 0.952 bits per heavy atom. The number of aliphatic imine (C=N–C) groups is 1. The Morgan fingerprint density at radius 2 is 1.52 bits per heavy atom. The molecule has 3 rings (SSSR count). The van der Waals surface area contributed by atoms with Gasteiger partial charge in [-0.25, -0.2) is 0 Å². The first kappa shape index (κ1) is 14.1. The number of rotatable bonds is 3. The second kappa shape index (κ2) is 5.47.